The first-order valence-corrected chi connectivity index (χ1v) is 10.9. The van der Waals surface area contributed by atoms with E-state index < -0.39 is 17.1 Å². The van der Waals surface area contributed by atoms with Crippen molar-refractivity contribution >= 4 is 29.2 Å². The van der Waals surface area contributed by atoms with Gasteiger partial charge in [-0.25, -0.2) is 9.78 Å². The monoisotopic (exact) mass is 475 g/mol. The molecule has 0 unspecified atom stereocenters. The maximum absolute atomic E-state index is 12.8. The lowest BCUT2D eigenvalue weighted by Gasteiger charge is -2.15. The second-order valence-electron chi connectivity index (χ2n) is 7.74. The summed E-state index contributed by atoms with van der Waals surface area (Å²) in [6, 6.07) is 22.3. The number of carbonyl (C=O) groups is 1. The highest BCUT2D eigenvalue weighted by atomic mass is 35.5. The molecule has 1 aromatic heterocycles. The van der Waals surface area contributed by atoms with Crippen LogP contribution in [0.3, 0.4) is 0 Å². The number of rotatable bonds is 8. The quantitative estimate of drug-likeness (QED) is 0.360. The molecule has 0 saturated heterocycles. The van der Waals surface area contributed by atoms with E-state index in [1.54, 1.807) is 36.4 Å². The van der Waals surface area contributed by atoms with Gasteiger partial charge in [0.15, 0.2) is 0 Å². The van der Waals surface area contributed by atoms with Gasteiger partial charge in [-0.3, -0.25) is 9.36 Å². The molecule has 0 aliphatic carbocycles. The van der Waals surface area contributed by atoms with Gasteiger partial charge in [-0.1, -0.05) is 53.6 Å². The highest BCUT2D eigenvalue weighted by molar-refractivity contribution is 6.30. The molecule has 0 aliphatic rings. The molecule has 0 atom stereocenters. The molecule has 0 spiro atoms. The standard InChI is InChI=1S/C26H22ClN3O4/c1-17-2-4-19(5-3-17)16-34-22-12-10-21(11-13-22)29-26-28-14-23(25(32)33)24(31)30(26)15-18-6-8-20(27)9-7-18/h2-14H,15-16H2,1H3,(H,28,29)(H,32,33). The molecule has 0 saturated carbocycles. The van der Waals surface area contributed by atoms with Crippen molar-refractivity contribution < 1.29 is 14.6 Å². The van der Waals surface area contributed by atoms with Crippen LogP contribution in [0.25, 0.3) is 0 Å². The van der Waals surface area contributed by atoms with Crippen molar-refractivity contribution in [2.75, 3.05) is 5.32 Å². The Labute approximate surface area is 201 Å². The van der Waals surface area contributed by atoms with Gasteiger partial charge in [0.05, 0.1) is 12.7 Å². The third-order valence-electron chi connectivity index (χ3n) is 5.17. The van der Waals surface area contributed by atoms with Crippen molar-refractivity contribution in [1.82, 2.24) is 9.55 Å². The van der Waals surface area contributed by atoms with E-state index in [0.717, 1.165) is 17.3 Å². The number of anilines is 2. The summed E-state index contributed by atoms with van der Waals surface area (Å²) in [5.74, 6) is -0.416. The lowest BCUT2D eigenvalue weighted by Crippen LogP contribution is -2.29. The SMILES string of the molecule is Cc1ccc(COc2ccc(Nc3ncc(C(=O)O)c(=O)n3Cc3ccc(Cl)cc3)cc2)cc1. The molecule has 0 fully saturated rings. The molecule has 8 heteroatoms. The summed E-state index contributed by atoms with van der Waals surface area (Å²) in [5, 5.41) is 13.0. The number of hydrogen-bond acceptors (Lipinski definition) is 5. The number of nitrogens with zero attached hydrogens (tertiary/aromatic N) is 2. The number of halogens is 1. The van der Waals surface area contributed by atoms with Crippen molar-refractivity contribution in [3.63, 3.8) is 0 Å². The van der Waals surface area contributed by atoms with Crippen LogP contribution in [-0.2, 0) is 13.2 Å². The number of aryl methyl sites for hydroxylation is 1. The van der Waals surface area contributed by atoms with E-state index in [9.17, 15) is 14.7 Å². The van der Waals surface area contributed by atoms with Gasteiger partial charge in [-0.2, -0.15) is 0 Å². The first kappa shape index (κ1) is 23.1. The number of aromatic carboxylic acids is 1. The number of benzene rings is 3. The molecule has 2 N–H and O–H groups in total. The van der Waals surface area contributed by atoms with Gasteiger partial charge < -0.3 is 15.2 Å². The predicted octanol–water partition coefficient (Wildman–Crippen LogP) is 5.27. The molecule has 1 heterocycles. The first-order valence-electron chi connectivity index (χ1n) is 10.5. The summed E-state index contributed by atoms with van der Waals surface area (Å²) >= 11 is 5.95. The predicted molar refractivity (Wildman–Crippen MR) is 131 cm³/mol. The molecule has 172 valence electrons. The maximum Gasteiger partial charge on any atom is 0.342 e. The molecule has 0 amide bonds. The van der Waals surface area contributed by atoms with E-state index in [2.05, 4.69) is 10.3 Å². The van der Waals surface area contributed by atoms with Crippen LogP contribution in [0, 0.1) is 6.92 Å². The van der Waals surface area contributed by atoms with Crippen LogP contribution in [0.4, 0.5) is 11.6 Å². The molecule has 0 aliphatic heterocycles. The van der Waals surface area contributed by atoms with E-state index in [1.807, 2.05) is 43.3 Å². The van der Waals surface area contributed by atoms with Crippen LogP contribution < -0.4 is 15.6 Å². The fourth-order valence-corrected chi connectivity index (χ4v) is 3.40. The minimum atomic E-state index is -1.33. The normalized spacial score (nSPS) is 10.6. The summed E-state index contributed by atoms with van der Waals surface area (Å²) in [6.07, 6.45) is 1.06. The average Bonchev–Trinajstić information content (AvgIpc) is 2.83. The van der Waals surface area contributed by atoms with E-state index in [0.29, 0.717) is 23.1 Å². The van der Waals surface area contributed by atoms with E-state index in [1.165, 1.54) is 10.1 Å². The largest absolute Gasteiger partial charge is 0.489 e. The Balaban J connectivity index is 1.53. The van der Waals surface area contributed by atoms with Gasteiger partial charge in [0, 0.05) is 10.7 Å². The van der Waals surface area contributed by atoms with E-state index in [-0.39, 0.29) is 12.5 Å². The van der Waals surface area contributed by atoms with Crippen molar-refractivity contribution in [3.8, 4) is 5.75 Å². The zero-order valence-corrected chi connectivity index (χ0v) is 19.1. The lowest BCUT2D eigenvalue weighted by molar-refractivity contribution is 0.0693. The Morgan fingerprint density at radius 3 is 2.29 bits per heavy atom. The second-order valence-corrected chi connectivity index (χ2v) is 8.18. The van der Waals surface area contributed by atoms with Crippen molar-refractivity contribution in [3.05, 3.63) is 117 Å². The molecule has 4 aromatic rings. The van der Waals surface area contributed by atoms with Gasteiger partial charge in [0.2, 0.25) is 5.95 Å². The van der Waals surface area contributed by atoms with Gasteiger partial charge in [-0.15, -0.1) is 0 Å². The van der Waals surface area contributed by atoms with Crippen molar-refractivity contribution in [2.45, 2.75) is 20.1 Å². The Morgan fingerprint density at radius 1 is 1.00 bits per heavy atom. The zero-order chi connectivity index (χ0) is 24.1. The zero-order valence-electron chi connectivity index (χ0n) is 18.4. The fraction of sp³-hybridized carbons (Fsp3) is 0.115. The van der Waals surface area contributed by atoms with Crippen LogP contribution in [0.1, 0.15) is 27.0 Å². The van der Waals surface area contributed by atoms with Crippen LogP contribution in [0.15, 0.2) is 83.8 Å². The highest BCUT2D eigenvalue weighted by Crippen LogP contribution is 2.20. The molecule has 0 bridgehead atoms. The van der Waals surface area contributed by atoms with Crippen LogP contribution in [0.2, 0.25) is 5.02 Å². The Morgan fingerprint density at radius 2 is 1.65 bits per heavy atom. The maximum atomic E-state index is 12.8. The Bertz CT molecular complexity index is 1350. The smallest absolute Gasteiger partial charge is 0.342 e. The molecule has 7 nitrogen and oxygen atoms in total. The highest BCUT2D eigenvalue weighted by Gasteiger charge is 2.16. The van der Waals surface area contributed by atoms with Crippen LogP contribution in [-0.4, -0.2) is 20.6 Å². The molecule has 3 aromatic carbocycles. The molecular formula is C26H22ClN3O4. The van der Waals surface area contributed by atoms with Gasteiger partial charge in [0.1, 0.15) is 17.9 Å². The van der Waals surface area contributed by atoms with Gasteiger partial charge >= 0.3 is 5.97 Å². The van der Waals surface area contributed by atoms with Crippen LogP contribution >= 0.6 is 11.6 Å². The number of aromatic nitrogens is 2. The van der Waals surface area contributed by atoms with E-state index in [4.69, 9.17) is 16.3 Å². The van der Waals surface area contributed by atoms with Crippen molar-refractivity contribution in [2.24, 2.45) is 0 Å². The first-order chi connectivity index (χ1) is 16.4. The Kier molecular flexibility index (Phi) is 6.94. The summed E-state index contributed by atoms with van der Waals surface area (Å²) in [5.41, 5.74) is 2.65. The van der Waals surface area contributed by atoms with Crippen LogP contribution in [0.5, 0.6) is 5.75 Å². The fourth-order valence-electron chi connectivity index (χ4n) is 3.27. The molecule has 34 heavy (non-hydrogen) atoms. The van der Waals surface area contributed by atoms with E-state index >= 15 is 0 Å². The van der Waals surface area contributed by atoms with Gasteiger partial charge in [-0.05, 0) is 54.4 Å². The Hall–Kier alpha value is -4.10. The second kappa shape index (κ2) is 10.2. The lowest BCUT2D eigenvalue weighted by atomic mass is 10.2. The van der Waals surface area contributed by atoms with Gasteiger partial charge in [0.25, 0.3) is 5.56 Å². The minimum absolute atomic E-state index is 0.129. The number of carboxylic acid groups (broad SMARTS) is 1. The minimum Gasteiger partial charge on any atom is -0.489 e. The summed E-state index contributed by atoms with van der Waals surface area (Å²) in [6.45, 7) is 2.62. The molecular weight excluding hydrogens is 454 g/mol. The third kappa shape index (κ3) is 5.63. The summed E-state index contributed by atoms with van der Waals surface area (Å²) in [4.78, 5) is 28.5. The average molecular weight is 476 g/mol. The molecule has 0 radical (unpaired) electrons. The number of carboxylic acids is 1. The molecule has 4 rings (SSSR count). The summed E-state index contributed by atoms with van der Waals surface area (Å²) in [7, 11) is 0. The number of nitrogens with one attached hydrogen (secondary N) is 1. The van der Waals surface area contributed by atoms with Crippen molar-refractivity contribution in [1.29, 1.82) is 0 Å². The summed E-state index contributed by atoms with van der Waals surface area (Å²) < 4.78 is 7.12. The number of ether oxygens (including phenoxy) is 1. The topological polar surface area (TPSA) is 93.5 Å². The number of hydrogen-bond donors (Lipinski definition) is 2. The third-order valence-corrected chi connectivity index (χ3v) is 5.42.